The number of anilines is 1. The van der Waals surface area contributed by atoms with Gasteiger partial charge in [-0.3, -0.25) is 4.79 Å². The van der Waals surface area contributed by atoms with E-state index in [1.54, 1.807) is 12.1 Å². The third-order valence-electron chi connectivity index (χ3n) is 2.08. The number of carbonyl (C=O) groups excluding carboxylic acids is 1. The van der Waals surface area contributed by atoms with E-state index in [9.17, 15) is 9.90 Å². The highest BCUT2D eigenvalue weighted by Gasteiger charge is 2.10. The van der Waals surface area contributed by atoms with E-state index in [2.05, 4.69) is 10.1 Å². The largest absolute Gasteiger partial charge is 0.503 e. The van der Waals surface area contributed by atoms with Gasteiger partial charge in [-0.15, -0.1) is 0 Å². The van der Waals surface area contributed by atoms with Gasteiger partial charge in [0.05, 0.1) is 0 Å². The Morgan fingerprint density at radius 1 is 1.41 bits per heavy atom. The highest BCUT2D eigenvalue weighted by Crippen LogP contribution is 2.09. The van der Waals surface area contributed by atoms with Gasteiger partial charge in [-0.25, -0.2) is 0 Å². The van der Waals surface area contributed by atoms with Crippen molar-refractivity contribution in [3.63, 3.8) is 0 Å². The Hall–Kier alpha value is -1.85. The molecule has 1 aromatic carbocycles. The van der Waals surface area contributed by atoms with Gasteiger partial charge in [-0.1, -0.05) is 17.7 Å². The number of hydrogen-bond donors (Lipinski definition) is 3. The van der Waals surface area contributed by atoms with Crippen molar-refractivity contribution in [1.82, 2.24) is 0 Å². The molecule has 1 atom stereocenters. The molecule has 5 heteroatoms. The summed E-state index contributed by atoms with van der Waals surface area (Å²) in [4.78, 5) is 11.5. The summed E-state index contributed by atoms with van der Waals surface area (Å²) in [7, 11) is 1.26. The summed E-state index contributed by atoms with van der Waals surface area (Å²) < 4.78 is 4.48. The molecular formula is C12H15NO4. The smallest absolute Gasteiger partial charge is 0.290 e. The van der Waals surface area contributed by atoms with E-state index in [1.807, 2.05) is 19.1 Å². The van der Waals surface area contributed by atoms with Gasteiger partial charge in [-0.2, -0.15) is 0 Å². The van der Waals surface area contributed by atoms with Crippen molar-refractivity contribution >= 4 is 11.6 Å². The fourth-order valence-corrected chi connectivity index (χ4v) is 1.11. The van der Waals surface area contributed by atoms with Crippen molar-refractivity contribution < 1.29 is 19.7 Å². The third-order valence-corrected chi connectivity index (χ3v) is 2.08. The molecule has 0 aromatic heterocycles. The zero-order chi connectivity index (χ0) is 12.8. The summed E-state index contributed by atoms with van der Waals surface area (Å²) in [6, 6.07) is 7.10. The van der Waals surface area contributed by atoms with Gasteiger partial charge in [0.2, 0.25) is 0 Å². The molecule has 0 aliphatic heterocycles. The fourth-order valence-electron chi connectivity index (χ4n) is 1.11. The number of amides is 1. The van der Waals surface area contributed by atoms with E-state index in [4.69, 9.17) is 5.11 Å². The Morgan fingerprint density at radius 2 is 2.00 bits per heavy atom. The van der Waals surface area contributed by atoms with Crippen molar-refractivity contribution in [2.45, 2.75) is 13.2 Å². The molecule has 17 heavy (non-hydrogen) atoms. The van der Waals surface area contributed by atoms with Crippen LogP contribution in [0.4, 0.5) is 5.69 Å². The maximum Gasteiger partial charge on any atom is 0.290 e. The minimum absolute atomic E-state index is 0.562. The second-order valence-electron chi connectivity index (χ2n) is 3.50. The fraction of sp³-hybridized carbons (Fsp3) is 0.250. The second kappa shape index (κ2) is 6.03. The van der Waals surface area contributed by atoms with Crippen LogP contribution in [0.2, 0.25) is 0 Å². The molecule has 0 spiro atoms. The Kier molecular flexibility index (Phi) is 4.68. The number of carbonyl (C=O) groups is 1. The number of benzene rings is 1. The minimum atomic E-state index is -1.31. The Labute approximate surface area is 99.3 Å². The van der Waals surface area contributed by atoms with E-state index in [0.717, 1.165) is 11.6 Å². The average molecular weight is 237 g/mol. The molecule has 0 aliphatic carbocycles. The molecule has 5 nitrogen and oxygen atoms in total. The number of aliphatic hydroxyl groups is 2. The molecule has 0 radical (unpaired) electrons. The summed E-state index contributed by atoms with van der Waals surface area (Å²) >= 11 is 0. The lowest BCUT2D eigenvalue weighted by Crippen LogP contribution is -2.17. The maximum absolute atomic E-state index is 11.5. The van der Waals surface area contributed by atoms with Crippen LogP contribution in [0.1, 0.15) is 5.56 Å². The van der Waals surface area contributed by atoms with E-state index < -0.39 is 18.0 Å². The molecule has 1 unspecified atom stereocenters. The minimum Gasteiger partial charge on any atom is -0.503 e. The SMILES string of the molecule is COC(O)/C=C(\O)C(=O)Nc1ccc(C)cc1. The number of ether oxygens (including phenoxy) is 1. The summed E-state index contributed by atoms with van der Waals surface area (Å²) in [5.74, 6) is -1.30. The zero-order valence-electron chi connectivity index (χ0n) is 9.68. The zero-order valence-corrected chi connectivity index (χ0v) is 9.68. The van der Waals surface area contributed by atoms with Gasteiger partial charge in [0.15, 0.2) is 12.0 Å². The third kappa shape index (κ3) is 4.26. The van der Waals surface area contributed by atoms with Crippen LogP contribution in [0, 0.1) is 6.92 Å². The van der Waals surface area contributed by atoms with Gasteiger partial charge in [0.25, 0.3) is 5.91 Å². The van der Waals surface area contributed by atoms with E-state index in [-0.39, 0.29) is 0 Å². The summed E-state index contributed by atoms with van der Waals surface area (Å²) in [6.07, 6.45) is -0.400. The predicted molar refractivity (Wildman–Crippen MR) is 63.5 cm³/mol. The van der Waals surface area contributed by atoms with Crippen LogP contribution in [-0.2, 0) is 9.53 Å². The molecule has 3 N–H and O–H groups in total. The lowest BCUT2D eigenvalue weighted by Gasteiger charge is -2.06. The summed E-state index contributed by atoms with van der Waals surface area (Å²) in [5, 5.41) is 20.9. The quantitative estimate of drug-likeness (QED) is 0.419. The van der Waals surface area contributed by atoms with Crippen molar-refractivity contribution in [2.75, 3.05) is 12.4 Å². The monoisotopic (exact) mass is 237 g/mol. The number of aryl methyl sites for hydroxylation is 1. The highest BCUT2D eigenvalue weighted by atomic mass is 16.6. The van der Waals surface area contributed by atoms with Crippen LogP contribution < -0.4 is 5.32 Å². The second-order valence-corrected chi connectivity index (χ2v) is 3.50. The van der Waals surface area contributed by atoms with Gasteiger partial charge >= 0.3 is 0 Å². The molecule has 0 fully saturated rings. The van der Waals surface area contributed by atoms with Crippen molar-refractivity contribution in [3.05, 3.63) is 41.7 Å². The molecule has 1 amide bonds. The number of nitrogens with one attached hydrogen (secondary N) is 1. The first-order chi connectivity index (χ1) is 8.02. The first kappa shape index (κ1) is 13.2. The highest BCUT2D eigenvalue weighted by molar-refractivity contribution is 6.01. The number of methoxy groups -OCH3 is 1. The standard InChI is InChI=1S/C12H15NO4/c1-8-3-5-9(6-4-8)13-12(16)10(14)7-11(15)17-2/h3-7,11,14-15H,1-2H3,(H,13,16)/b10-7-. The van der Waals surface area contributed by atoms with Crippen molar-refractivity contribution in [1.29, 1.82) is 0 Å². The van der Waals surface area contributed by atoms with Crippen LogP contribution in [-0.4, -0.2) is 29.5 Å². The first-order valence-corrected chi connectivity index (χ1v) is 5.02. The molecule has 0 bridgehead atoms. The molecule has 1 aromatic rings. The van der Waals surface area contributed by atoms with Crippen molar-refractivity contribution in [2.24, 2.45) is 0 Å². The van der Waals surface area contributed by atoms with Crippen LogP contribution in [0.25, 0.3) is 0 Å². The molecule has 0 saturated heterocycles. The van der Waals surface area contributed by atoms with Crippen LogP contribution >= 0.6 is 0 Å². The average Bonchev–Trinajstić information content (AvgIpc) is 2.31. The normalized spacial score (nSPS) is 13.2. The number of aliphatic hydroxyl groups excluding tert-OH is 2. The molecule has 0 heterocycles. The van der Waals surface area contributed by atoms with Crippen LogP contribution in [0.5, 0.6) is 0 Å². The Bertz CT molecular complexity index is 411. The summed E-state index contributed by atoms with van der Waals surface area (Å²) in [5.41, 5.74) is 1.63. The molecule has 0 aliphatic rings. The Morgan fingerprint density at radius 3 is 2.53 bits per heavy atom. The Balaban J connectivity index is 2.66. The first-order valence-electron chi connectivity index (χ1n) is 5.02. The van der Waals surface area contributed by atoms with Crippen LogP contribution in [0.3, 0.4) is 0 Å². The van der Waals surface area contributed by atoms with Crippen molar-refractivity contribution in [3.8, 4) is 0 Å². The van der Waals surface area contributed by atoms with Gasteiger partial charge < -0.3 is 20.3 Å². The lowest BCUT2D eigenvalue weighted by atomic mass is 10.2. The molecule has 92 valence electrons. The number of hydrogen-bond acceptors (Lipinski definition) is 4. The van der Waals surface area contributed by atoms with E-state index >= 15 is 0 Å². The van der Waals surface area contributed by atoms with Gasteiger partial charge in [0, 0.05) is 18.9 Å². The van der Waals surface area contributed by atoms with Crippen LogP contribution in [0.15, 0.2) is 36.1 Å². The summed E-state index contributed by atoms with van der Waals surface area (Å²) in [6.45, 7) is 1.93. The number of rotatable bonds is 4. The molecular weight excluding hydrogens is 222 g/mol. The molecule has 1 rings (SSSR count). The topological polar surface area (TPSA) is 78.8 Å². The predicted octanol–water partition coefficient (Wildman–Crippen LogP) is 1.34. The van der Waals surface area contributed by atoms with Gasteiger partial charge in [-0.05, 0) is 19.1 Å². The van der Waals surface area contributed by atoms with E-state index in [0.29, 0.717) is 5.69 Å². The van der Waals surface area contributed by atoms with E-state index in [1.165, 1.54) is 7.11 Å². The van der Waals surface area contributed by atoms with Gasteiger partial charge in [0.1, 0.15) is 0 Å². The maximum atomic E-state index is 11.5. The molecule has 0 saturated carbocycles. The lowest BCUT2D eigenvalue weighted by molar-refractivity contribution is -0.115.